The number of carbonyl (C=O) groups excluding carboxylic acids is 1. The predicted molar refractivity (Wildman–Crippen MR) is 89.9 cm³/mol. The standard InChI is InChI=1S/C18H16ClNO3/c1-2-22-18(21)10-12-3-8-17-15(9-12)20-16(11-23-17)13-4-6-14(19)7-5-13/h3-9H,2,10-11H2,1H3. The van der Waals surface area contributed by atoms with Crippen molar-refractivity contribution in [2.24, 2.45) is 4.99 Å². The number of hydrogen-bond donors (Lipinski definition) is 0. The zero-order chi connectivity index (χ0) is 16.2. The molecule has 3 rings (SSSR count). The lowest BCUT2D eigenvalue weighted by Gasteiger charge is -2.18. The van der Waals surface area contributed by atoms with Gasteiger partial charge < -0.3 is 9.47 Å². The van der Waals surface area contributed by atoms with Gasteiger partial charge in [-0.3, -0.25) is 4.79 Å². The van der Waals surface area contributed by atoms with Crippen molar-refractivity contribution in [1.82, 2.24) is 0 Å². The summed E-state index contributed by atoms with van der Waals surface area (Å²) < 4.78 is 10.7. The van der Waals surface area contributed by atoms with Crippen LogP contribution < -0.4 is 4.74 Å². The molecule has 118 valence electrons. The molecule has 0 saturated heterocycles. The SMILES string of the molecule is CCOC(=O)Cc1ccc2c(c1)N=C(c1ccc(Cl)cc1)CO2. The van der Waals surface area contributed by atoms with Gasteiger partial charge in [0.05, 0.1) is 18.7 Å². The zero-order valence-corrected chi connectivity index (χ0v) is 13.5. The Kier molecular flexibility index (Phi) is 4.63. The average molecular weight is 330 g/mol. The lowest BCUT2D eigenvalue weighted by Crippen LogP contribution is -2.16. The van der Waals surface area contributed by atoms with Crippen LogP contribution in [-0.4, -0.2) is 24.9 Å². The van der Waals surface area contributed by atoms with Crippen molar-refractivity contribution >= 4 is 29.0 Å². The molecule has 4 nitrogen and oxygen atoms in total. The van der Waals surface area contributed by atoms with Crippen LogP contribution in [0.25, 0.3) is 0 Å². The van der Waals surface area contributed by atoms with E-state index in [9.17, 15) is 4.79 Å². The average Bonchev–Trinajstić information content (AvgIpc) is 2.55. The van der Waals surface area contributed by atoms with Crippen LogP contribution in [0.2, 0.25) is 5.02 Å². The van der Waals surface area contributed by atoms with Crippen LogP contribution in [0.1, 0.15) is 18.1 Å². The van der Waals surface area contributed by atoms with Crippen LogP contribution in [-0.2, 0) is 16.0 Å². The minimum absolute atomic E-state index is 0.229. The molecule has 0 aromatic heterocycles. The van der Waals surface area contributed by atoms with Gasteiger partial charge in [-0.25, -0.2) is 4.99 Å². The first-order valence-electron chi connectivity index (χ1n) is 7.40. The number of rotatable bonds is 4. The summed E-state index contributed by atoms with van der Waals surface area (Å²) >= 11 is 5.91. The number of ether oxygens (including phenoxy) is 2. The van der Waals surface area contributed by atoms with Crippen LogP contribution in [0.5, 0.6) is 5.75 Å². The highest BCUT2D eigenvalue weighted by Crippen LogP contribution is 2.33. The molecule has 0 atom stereocenters. The lowest BCUT2D eigenvalue weighted by atomic mass is 10.1. The fourth-order valence-corrected chi connectivity index (χ4v) is 2.50. The summed E-state index contributed by atoms with van der Waals surface area (Å²) in [6, 6.07) is 13.0. The van der Waals surface area contributed by atoms with E-state index in [4.69, 9.17) is 21.1 Å². The van der Waals surface area contributed by atoms with E-state index in [-0.39, 0.29) is 12.4 Å². The summed E-state index contributed by atoms with van der Waals surface area (Å²) in [7, 11) is 0. The first kappa shape index (κ1) is 15.6. The highest BCUT2D eigenvalue weighted by Gasteiger charge is 2.16. The molecule has 0 spiro atoms. The molecule has 0 fully saturated rings. The van der Waals surface area contributed by atoms with Gasteiger partial charge >= 0.3 is 5.97 Å². The third kappa shape index (κ3) is 3.71. The monoisotopic (exact) mass is 329 g/mol. The van der Waals surface area contributed by atoms with Gasteiger partial charge in [-0.15, -0.1) is 0 Å². The van der Waals surface area contributed by atoms with Crippen LogP contribution in [0.4, 0.5) is 5.69 Å². The number of carbonyl (C=O) groups is 1. The van der Waals surface area contributed by atoms with Gasteiger partial charge in [-0.05, 0) is 42.3 Å². The number of benzene rings is 2. The van der Waals surface area contributed by atoms with E-state index < -0.39 is 0 Å². The van der Waals surface area contributed by atoms with Gasteiger partial charge in [-0.2, -0.15) is 0 Å². The molecule has 5 heteroatoms. The first-order valence-corrected chi connectivity index (χ1v) is 7.78. The Morgan fingerprint density at radius 3 is 2.78 bits per heavy atom. The summed E-state index contributed by atoms with van der Waals surface area (Å²) in [6.07, 6.45) is 0.229. The van der Waals surface area contributed by atoms with E-state index >= 15 is 0 Å². The number of fused-ring (bicyclic) bond motifs is 1. The molecule has 0 N–H and O–H groups in total. The minimum Gasteiger partial charge on any atom is -0.485 e. The molecular formula is C18H16ClNO3. The quantitative estimate of drug-likeness (QED) is 0.798. The Bertz CT molecular complexity index is 753. The Hall–Kier alpha value is -2.33. The fourth-order valence-electron chi connectivity index (χ4n) is 2.37. The summed E-state index contributed by atoms with van der Waals surface area (Å²) in [5, 5.41) is 0.684. The Morgan fingerprint density at radius 1 is 1.26 bits per heavy atom. The maximum Gasteiger partial charge on any atom is 0.310 e. The molecule has 1 aliphatic heterocycles. The topological polar surface area (TPSA) is 47.9 Å². The number of halogens is 1. The summed E-state index contributed by atoms with van der Waals surface area (Å²) in [5.74, 6) is 0.474. The van der Waals surface area contributed by atoms with E-state index in [0.717, 1.165) is 28.3 Å². The molecule has 0 amide bonds. The van der Waals surface area contributed by atoms with Gasteiger partial charge in [-0.1, -0.05) is 29.8 Å². The smallest absolute Gasteiger partial charge is 0.310 e. The number of nitrogens with zero attached hydrogens (tertiary/aromatic N) is 1. The highest BCUT2D eigenvalue weighted by atomic mass is 35.5. The molecule has 0 radical (unpaired) electrons. The number of aliphatic imine (C=N–C) groups is 1. The molecule has 1 aliphatic rings. The molecular weight excluding hydrogens is 314 g/mol. The molecule has 2 aromatic carbocycles. The normalized spacial score (nSPS) is 12.9. The maximum absolute atomic E-state index is 11.6. The predicted octanol–water partition coefficient (Wildman–Crippen LogP) is 3.96. The van der Waals surface area contributed by atoms with Crippen molar-refractivity contribution in [3.05, 3.63) is 58.6 Å². The van der Waals surface area contributed by atoms with E-state index in [1.54, 1.807) is 6.92 Å². The number of esters is 1. The summed E-state index contributed by atoms with van der Waals surface area (Å²) in [4.78, 5) is 16.3. The van der Waals surface area contributed by atoms with Crippen molar-refractivity contribution in [3.63, 3.8) is 0 Å². The number of hydrogen-bond acceptors (Lipinski definition) is 4. The minimum atomic E-state index is -0.244. The van der Waals surface area contributed by atoms with Crippen LogP contribution in [0.3, 0.4) is 0 Å². The van der Waals surface area contributed by atoms with Crippen molar-refractivity contribution < 1.29 is 14.3 Å². The second kappa shape index (κ2) is 6.84. The Labute approximate surface area is 139 Å². The Morgan fingerprint density at radius 2 is 2.04 bits per heavy atom. The van der Waals surface area contributed by atoms with Crippen LogP contribution >= 0.6 is 11.6 Å². The molecule has 2 aromatic rings. The van der Waals surface area contributed by atoms with Gasteiger partial charge in [0.1, 0.15) is 18.0 Å². The van der Waals surface area contributed by atoms with Gasteiger partial charge in [0.25, 0.3) is 0 Å². The largest absolute Gasteiger partial charge is 0.485 e. The van der Waals surface area contributed by atoms with Gasteiger partial charge in [0.15, 0.2) is 0 Å². The second-order valence-corrected chi connectivity index (χ2v) is 5.57. The molecule has 23 heavy (non-hydrogen) atoms. The van der Waals surface area contributed by atoms with Crippen LogP contribution in [0, 0.1) is 0 Å². The van der Waals surface area contributed by atoms with E-state index in [2.05, 4.69) is 4.99 Å². The zero-order valence-electron chi connectivity index (χ0n) is 12.7. The molecule has 1 heterocycles. The van der Waals surface area contributed by atoms with Crippen molar-refractivity contribution in [2.75, 3.05) is 13.2 Å². The van der Waals surface area contributed by atoms with E-state index in [0.29, 0.717) is 18.2 Å². The highest BCUT2D eigenvalue weighted by molar-refractivity contribution is 6.30. The second-order valence-electron chi connectivity index (χ2n) is 5.14. The Balaban J connectivity index is 1.86. The van der Waals surface area contributed by atoms with E-state index in [1.165, 1.54) is 0 Å². The third-order valence-corrected chi connectivity index (χ3v) is 3.73. The summed E-state index contributed by atoms with van der Waals surface area (Å²) in [5.41, 5.74) is 3.38. The van der Waals surface area contributed by atoms with Gasteiger partial charge in [0.2, 0.25) is 0 Å². The third-order valence-electron chi connectivity index (χ3n) is 3.47. The van der Waals surface area contributed by atoms with Crippen molar-refractivity contribution in [2.45, 2.75) is 13.3 Å². The fraction of sp³-hybridized carbons (Fsp3) is 0.222. The first-order chi connectivity index (χ1) is 11.2. The lowest BCUT2D eigenvalue weighted by molar-refractivity contribution is -0.142. The van der Waals surface area contributed by atoms with Crippen molar-refractivity contribution in [1.29, 1.82) is 0 Å². The summed E-state index contributed by atoms with van der Waals surface area (Å²) in [6.45, 7) is 2.58. The van der Waals surface area contributed by atoms with Crippen LogP contribution in [0.15, 0.2) is 47.5 Å². The van der Waals surface area contributed by atoms with Crippen molar-refractivity contribution in [3.8, 4) is 5.75 Å². The van der Waals surface area contributed by atoms with Gasteiger partial charge in [0, 0.05) is 5.02 Å². The maximum atomic E-state index is 11.6. The molecule has 0 saturated carbocycles. The van der Waals surface area contributed by atoms with E-state index in [1.807, 2.05) is 42.5 Å². The molecule has 0 bridgehead atoms. The molecule has 0 aliphatic carbocycles. The molecule has 0 unspecified atom stereocenters.